The Morgan fingerprint density at radius 3 is 2.34 bits per heavy atom. The summed E-state index contributed by atoms with van der Waals surface area (Å²) in [6.45, 7) is 2.88. The molecule has 0 spiro atoms. The molecule has 10 nitrogen and oxygen atoms in total. The van der Waals surface area contributed by atoms with E-state index in [1.54, 1.807) is 16.9 Å². The van der Waals surface area contributed by atoms with Gasteiger partial charge in [0.1, 0.15) is 17.5 Å². The lowest BCUT2D eigenvalue weighted by Crippen LogP contribution is -2.47. The van der Waals surface area contributed by atoms with E-state index in [2.05, 4.69) is 20.4 Å². The third kappa shape index (κ3) is 6.16. The number of halogens is 6. The smallest absolute Gasteiger partial charge is 0.378 e. The summed E-state index contributed by atoms with van der Waals surface area (Å²) in [6.07, 6.45) is -5.98. The molecular weight excluding hydrogens is 524 g/mol. The fourth-order valence-corrected chi connectivity index (χ4v) is 4.59. The molecule has 0 unspecified atom stereocenters. The Balaban J connectivity index is 1.27. The molecule has 0 bridgehead atoms. The molecule has 0 aromatic carbocycles. The van der Waals surface area contributed by atoms with Crippen LogP contribution >= 0.6 is 0 Å². The van der Waals surface area contributed by atoms with Gasteiger partial charge >= 0.3 is 12.4 Å². The minimum Gasteiger partial charge on any atom is -0.378 e. The van der Waals surface area contributed by atoms with Gasteiger partial charge in [-0.15, -0.1) is 0 Å². The molecule has 4 heterocycles. The summed E-state index contributed by atoms with van der Waals surface area (Å²) in [5.74, 6) is 0.106. The molecule has 16 heteroatoms. The number of piperidine rings is 1. The number of H-pyrrole nitrogens is 1. The van der Waals surface area contributed by atoms with E-state index in [4.69, 9.17) is 4.74 Å². The van der Waals surface area contributed by atoms with Crippen LogP contribution in [-0.4, -0.2) is 75.4 Å². The second kappa shape index (κ2) is 10.7. The Morgan fingerprint density at radius 2 is 1.74 bits per heavy atom. The van der Waals surface area contributed by atoms with Crippen molar-refractivity contribution in [1.82, 2.24) is 25.1 Å². The summed E-state index contributed by atoms with van der Waals surface area (Å²) in [5.41, 5.74) is -4.31. The first-order valence-electron chi connectivity index (χ1n) is 11.8. The van der Waals surface area contributed by atoms with Gasteiger partial charge in [-0.3, -0.25) is 9.59 Å². The fourth-order valence-electron chi connectivity index (χ4n) is 4.59. The van der Waals surface area contributed by atoms with Gasteiger partial charge in [-0.1, -0.05) is 0 Å². The maximum atomic E-state index is 13.2. The maximum Gasteiger partial charge on any atom is 0.434 e. The second-order valence-corrected chi connectivity index (χ2v) is 9.15. The van der Waals surface area contributed by atoms with E-state index < -0.39 is 47.0 Å². The van der Waals surface area contributed by atoms with Crippen molar-refractivity contribution in [2.75, 3.05) is 36.5 Å². The SMILES string of the molecule is C[C@@H](CO[C@@H]1CCN(C2CCN(c3cnc(C(F)(F)F)cn3)CC2)C1=O)Nc1cn[nH]c(=O)c1C(F)(F)F. The van der Waals surface area contributed by atoms with Gasteiger partial charge in [0, 0.05) is 38.1 Å². The molecule has 2 aliphatic heterocycles. The van der Waals surface area contributed by atoms with Crippen LogP contribution in [0.3, 0.4) is 0 Å². The van der Waals surface area contributed by atoms with Gasteiger partial charge in [-0.25, -0.2) is 15.1 Å². The number of rotatable bonds is 7. The maximum absolute atomic E-state index is 13.2. The summed E-state index contributed by atoms with van der Waals surface area (Å²) in [6, 6.07) is -0.739. The fraction of sp³-hybridized carbons (Fsp3) is 0.591. The van der Waals surface area contributed by atoms with E-state index in [1.165, 1.54) is 0 Å². The zero-order valence-corrected chi connectivity index (χ0v) is 20.1. The lowest BCUT2D eigenvalue weighted by Gasteiger charge is -2.37. The first-order chi connectivity index (χ1) is 17.8. The zero-order valence-electron chi connectivity index (χ0n) is 20.1. The van der Waals surface area contributed by atoms with E-state index in [9.17, 15) is 35.9 Å². The van der Waals surface area contributed by atoms with Gasteiger partial charge in [0.25, 0.3) is 11.5 Å². The molecule has 0 aliphatic carbocycles. The standard InChI is InChI=1S/C22H25F6N7O3/c1-12(32-14-8-31-33-19(36)18(14)22(26,27)28)11-38-15-4-7-35(20(15)37)13-2-5-34(6-3-13)17-10-29-16(9-30-17)21(23,24)25/h8-10,12-13,15H,2-7,11H2,1H3,(H2,32,33,36)/t12-,15+/m0/s1. The molecule has 4 rings (SSSR count). The largest absolute Gasteiger partial charge is 0.434 e. The van der Waals surface area contributed by atoms with Gasteiger partial charge in [0.2, 0.25) is 0 Å². The second-order valence-electron chi connectivity index (χ2n) is 9.15. The summed E-state index contributed by atoms with van der Waals surface area (Å²) >= 11 is 0. The highest BCUT2D eigenvalue weighted by molar-refractivity contribution is 5.83. The molecule has 0 radical (unpaired) electrons. The van der Waals surface area contributed by atoms with Crippen molar-refractivity contribution < 1.29 is 35.9 Å². The number of anilines is 2. The first kappa shape index (κ1) is 27.6. The van der Waals surface area contributed by atoms with Crippen molar-refractivity contribution >= 4 is 17.4 Å². The number of alkyl halides is 6. The van der Waals surface area contributed by atoms with Crippen molar-refractivity contribution in [2.45, 2.75) is 56.7 Å². The highest BCUT2D eigenvalue weighted by Crippen LogP contribution is 2.32. The number of nitrogens with zero attached hydrogens (tertiary/aromatic N) is 5. The molecule has 2 aromatic heterocycles. The molecular formula is C22H25F6N7O3. The minimum atomic E-state index is -4.88. The van der Waals surface area contributed by atoms with Crippen LogP contribution in [0.5, 0.6) is 0 Å². The Kier molecular flexibility index (Phi) is 7.80. The average Bonchev–Trinajstić information content (AvgIpc) is 3.21. The highest BCUT2D eigenvalue weighted by Gasteiger charge is 2.40. The molecule has 38 heavy (non-hydrogen) atoms. The number of ether oxygens (including phenoxy) is 1. The molecule has 2 saturated heterocycles. The van der Waals surface area contributed by atoms with Crippen LogP contribution in [0.15, 0.2) is 23.4 Å². The van der Waals surface area contributed by atoms with Crippen molar-refractivity contribution in [3.05, 3.63) is 40.2 Å². The predicted octanol–water partition coefficient (Wildman–Crippen LogP) is 2.68. The topological polar surface area (TPSA) is 116 Å². The molecule has 208 valence electrons. The van der Waals surface area contributed by atoms with Crippen molar-refractivity contribution in [1.29, 1.82) is 0 Å². The summed E-state index contributed by atoms with van der Waals surface area (Å²) in [4.78, 5) is 35.3. The molecule has 2 aliphatic rings. The van der Waals surface area contributed by atoms with Crippen LogP contribution in [0.1, 0.15) is 37.4 Å². The van der Waals surface area contributed by atoms with Crippen molar-refractivity contribution in [2.24, 2.45) is 0 Å². The number of likely N-dealkylation sites (tertiary alicyclic amines) is 1. The average molecular weight is 549 g/mol. The minimum absolute atomic E-state index is 0.0817. The number of amides is 1. The molecule has 2 fully saturated rings. The number of carbonyl (C=O) groups is 1. The van der Waals surface area contributed by atoms with Gasteiger partial charge in [0.05, 0.1) is 30.9 Å². The van der Waals surface area contributed by atoms with Crippen LogP contribution in [0.2, 0.25) is 0 Å². The number of hydrogen-bond donors (Lipinski definition) is 2. The molecule has 2 aromatic rings. The summed E-state index contributed by atoms with van der Waals surface area (Å²) in [7, 11) is 0. The molecule has 0 saturated carbocycles. The Bertz CT molecular complexity index is 1180. The predicted molar refractivity (Wildman–Crippen MR) is 121 cm³/mol. The van der Waals surface area contributed by atoms with Crippen LogP contribution in [0, 0.1) is 0 Å². The van der Waals surface area contributed by atoms with Crippen molar-refractivity contribution in [3.8, 4) is 0 Å². The van der Waals surface area contributed by atoms with E-state index >= 15 is 0 Å². The van der Waals surface area contributed by atoms with Gasteiger partial charge in [0.15, 0.2) is 5.69 Å². The third-order valence-electron chi connectivity index (χ3n) is 6.44. The summed E-state index contributed by atoms with van der Waals surface area (Å²) < 4.78 is 83.5. The number of aromatic nitrogens is 4. The summed E-state index contributed by atoms with van der Waals surface area (Å²) in [5, 5.41) is 7.74. The monoisotopic (exact) mass is 549 g/mol. The number of aromatic amines is 1. The first-order valence-corrected chi connectivity index (χ1v) is 11.8. The highest BCUT2D eigenvalue weighted by atomic mass is 19.4. The van der Waals surface area contributed by atoms with Crippen LogP contribution in [0.4, 0.5) is 37.8 Å². The lowest BCUT2D eigenvalue weighted by atomic mass is 10.0. The van der Waals surface area contributed by atoms with E-state index in [1.807, 2.05) is 4.90 Å². The van der Waals surface area contributed by atoms with Crippen LogP contribution < -0.4 is 15.8 Å². The molecule has 2 atom stereocenters. The number of carbonyl (C=O) groups excluding carboxylic acids is 1. The van der Waals surface area contributed by atoms with E-state index in [0.29, 0.717) is 50.9 Å². The quantitative estimate of drug-likeness (QED) is 0.507. The van der Waals surface area contributed by atoms with Crippen LogP contribution in [-0.2, 0) is 21.9 Å². The van der Waals surface area contributed by atoms with Crippen LogP contribution in [0.25, 0.3) is 0 Å². The number of nitrogens with one attached hydrogen (secondary N) is 2. The lowest BCUT2D eigenvalue weighted by molar-refractivity contribution is -0.141. The van der Waals surface area contributed by atoms with E-state index in [0.717, 1.165) is 12.4 Å². The molecule has 1 amide bonds. The third-order valence-corrected chi connectivity index (χ3v) is 6.44. The van der Waals surface area contributed by atoms with Gasteiger partial charge in [-0.2, -0.15) is 31.4 Å². The Morgan fingerprint density at radius 1 is 1.03 bits per heavy atom. The van der Waals surface area contributed by atoms with E-state index in [-0.39, 0.29) is 18.6 Å². The normalized spacial score (nSPS) is 20.2. The molecule has 2 N–H and O–H groups in total. The Labute approximate surface area is 212 Å². The zero-order chi connectivity index (χ0) is 27.7. The Hall–Kier alpha value is -3.43. The van der Waals surface area contributed by atoms with Gasteiger partial charge in [-0.05, 0) is 19.8 Å². The van der Waals surface area contributed by atoms with Crippen molar-refractivity contribution in [3.63, 3.8) is 0 Å². The number of hydrogen-bond acceptors (Lipinski definition) is 8. The van der Waals surface area contributed by atoms with Gasteiger partial charge < -0.3 is 19.9 Å².